The molecule has 0 saturated carbocycles. The molecule has 4 nitrogen and oxygen atoms in total. The molecule has 0 aliphatic rings. The fourth-order valence-corrected chi connectivity index (χ4v) is 2.57. The average Bonchev–Trinajstić information content (AvgIpc) is 2.86. The minimum absolute atomic E-state index is 0.208. The quantitative estimate of drug-likeness (QED) is 0.647. The minimum Gasteiger partial charge on any atom is -0.469 e. The molecule has 0 unspecified atom stereocenters. The molecule has 0 saturated heterocycles. The Bertz CT molecular complexity index is 608. The molecule has 1 aromatic heterocycles. The molecule has 106 valence electrons. The van der Waals surface area contributed by atoms with E-state index in [1.54, 1.807) is 24.8 Å². The Hall–Kier alpha value is -1.88. The van der Waals surface area contributed by atoms with E-state index in [1.807, 2.05) is 18.2 Å². The summed E-state index contributed by atoms with van der Waals surface area (Å²) in [7, 11) is 0. The summed E-state index contributed by atoms with van der Waals surface area (Å²) in [5.74, 6) is 1.43. The highest BCUT2D eigenvalue weighted by molar-refractivity contribution is 7.99. The average molecular weight is 290 g/mol. The van der Waals surface area contributed by atoms with Crippen LogP contribution < -0.4 is 11.1 Å². The molecule has 1 aromatic carbocycles. The Kier molecular flexibility index (Phi) is 4.74. The molecule has 3 N–H and O–H groups in total. The summed E-state index contributed by atoms with van der Waals surface area (Å²) in [6.07, 6.45) is 2.60. The van der Waals surface area contributed by atoms with E-state index in [2.05, 4.69) is 12.2 Å². The van der Waals surface area contributed by atoms with Crippen molar-refractivity contribution in [3.05, 3.63) is 41.9 Å². The Balaban J connectivity index is 2.16. The number of thioether (sulfide) groups is 1. The van der Waals surface area contributed by atoms with Crippen molar-refractivity contribution in [1.82, 2.24) is 0 Å². The Morgan fingerprint density at radius 1 is 1.40 bits per heavy atom. The highest BCUT2D eigenvalue weighted by Crippen LogP contribution is 2.27. The number of benzene rings is 1. The van der Waals surface area contributed by atoms with Gasteiger partial charge in [-0.15, -0.1) is 11.8 Å². The van der Waals surface area contributed by atoms with E-state index in [0.717, 1.165) is 17.1 Å². The van der Waals surface area contributed by atoms with Gasteiger partial charge in [-0.05, 0) is 43.4 Å². The van der Waals surface area contributed by atoms with E-state index in [4.69, 9.17) is 10.2 Å². The van der Waals surface area contributed by atoms with Crippen LogP contribution in [0.25, 0.3) is 0 Å². The number of aryl methyl sites for hydroxylation is 1. The maximum absolute atomic E-state index is 12.1. The zero-order valence-corrected chi connectivity index (χ0v) is 12.4. The molecule has 0 radical (unpaired) electrons. The highest BCUT2D eigenvalue weighted by atomic mass is 32.2. The van der Waals surface area contributed by atoms with Gasteiger partial charge in [0, 0.05) is 4.90 Å². The van der Waals surface area contributed by atoms with E-state index < -0.39 is 0 Å². The second-order valence-electron chi connectivity index (χ2n) is 4.44. The fraction of sp³-hybridized carbons (Fsp3) is 0.267. The number of amides is 1. The van der Waals surface area contributed by atoms with Crippen molar-refractivity contribution in [2.75, 3.05) is 16.8 Å². The largest absolute Gasteiger partial charge is 0.469 e. The van der Waals surface area contributed by atoms with Gasteiger partial charge in [-0.3, -0.25) is 4.79 Å². The number of carbonyl (C=O) groups is 1. The zero-order chi connectivity index (χ0) is 14.5. The summed E-state index contributed by atoms with van der Waals surface area (Å²) in [4.78, 5) is 13.2. The van der Waals surface area contributed by atoms with Crippen LogP contribution in [-0.2, 0) is 0 Å². The summed E-state index contributed by atoms with van der Waals surface area (Å²) in [5, 5.41) is 2.83. The SMILES string of the molecule is CCCSc1ccc(N)c(NC(=O)c2ccoc2C)c1. The van der Waals surface area contributed by atoms with Crippen molar-refractivity contribution < 1.29 is 9.21 Å². The number of hydrogen-bond acceptors (Lipinski definition) is 4. The monoisotopic (exact) mass is 290 g/mol. The second-order valence-corrected chi connectivity index (χ2v) is 5.61. The van der Waals surface area contributed by atoms with Crippen LogP contribution in [0, 0.1) is 6.92 Å². The van der Waals surface area contributed by atoms with E-state index >= 15 is 0 Å². The summed E-state index contributed by atoms with van der Waals surface area (Å²) in [6, 6.07) is 7.34. The van der Waals surface area contributed by atoms with Gasteiger partial charge in [0.25, 0.3) is 5.91 Å². The lowest BCUT2D eigenvalue weighted by molar-refractivity contribution is 0.102. The van der Waals surface area contributed by atoms with Crippen LogP contribution >= 0.6 is 11.8 Å². The number of rotatable bonds is 5. The summed E-state index contributed by atoms with van der Waals surface area (Å²) >= 11 is 1.75. The van der Waals surface area contributed by atoms with Crippen molar-refractivity contribution in [1.29, 1.82) is 0 Å². The molecular weight excluding hydrogens is 272 g/mol. The number of furan rings is 1. The summed E-state index contributed by atoms with van der Waals surface area (Å²) in [5.41, 5.74) is 7.63. The van der Waals surface area contributed by atoms with Gasteiger partial charge in [-0.1, -0.05) is 6.92 Å². The van der Waals surface area contributed by atoms with Crippen molar-refractivity contribution in [3.63, 3.8) is 0 Å². The molecule has 0 bridgehead atoms. The molecule has 0 fully saturated rings. The van der Waals surface area contributed by atoms with Crippen LogP contribution in [0.1, 0.15) is 29.5 Å². The van der Waals surface area contributed by atoms with Crippen molar-refractivity contribution >= 4 is 29.0 Å². The van der Waals surface area contributed by atoms with Gasteiger partial charge in [0.15, 0.2) is 0 Å². The lowest BCUT2D eigenvalue weighted by Gasteiger charge is -2.10. The first kappa shape index (κ1) is 14.5. The predicted octanol–water partition coefficient (Wildman–Crippen LogP) is 3.92. The lowest BCUT2D eigenvalue weighted by atomic mass is 10.2. The Labute approximate surface area is 122 Å². The number of hydrogen-bond donors (Lipinski definition) is 2. The third kappa shape index (κ3) is 3.36. The maximum atomic E-state index is 12.1. The zero-order valence-electron chi connectivity index (χ0n) is 11.6. The second kappa shape index (κ2) is 6.52. The Morgan fingerprint density at radius 3 is 2.85 bits per heavy atom. The molecule has 20 heavy (non-hydrogen) atoms. The third-order valence-electron chi connectivity index (χ3n) is 2.85. The van der Waals surface area contributed by atoms with E-state index in [0.29, 0.717) is 22.7 Å². The van der Waals surface area contributed by atoms with Gasteiger partial charge in [-0.25, -0.2) is 0 Å². The number of nitrogens with two attached hydrogens (primary N) is 1. The van der Waals surface area contributed by atoms with E-state index in [-0.39, 0.29) is 5.91 Å². The fourth-order valence-electron chi connectivity index (χ4n) is 1.76. The molecule has 0 aliphatic heterocycles. The first-order valence-corrected chi connectivity index (χ1v) is 7.48. The highest BCUT2D eigenvalue weighted by Gasteiger charge is 2.13. The van der Waals surface area contributed by atoms with Crippen LogP contribution in [0.4, 0.5) is 11.4 Å². The molecule has 1 amide bonds. The predicted molar refractivity (Wildman–Crippen MR) is 83.3 cm³/mol. The first-order chi connectivity index (χ1) is 9.61. The van der Waals surface area contributed by atoms with Gasteiger partial charge in [0.1, 0.15) is 5.76 Å². The molecule has 0 aliphatic carbocycles. The van der Waals surface area contributed by atoms with Crippen LogP contribution in [0.2, 0.25) is 0 Å². The number of nitrogens with one attached hydrogen (secondary N) is 1. The molecule has 1 heterocycles. The molecule has 2 aromatic rings. The van der Waals surface area contributed by atoms with Gasteiger partial charge in [0.2, 0.25) is 0 Å². The van der Waals surface area contributed by atoms with Crippen molar-refractivity contribution in [2.45, 2.75) is 25.2 Å². The topological polar surface area (TPSA) is 68.3 Å². The number of carbonyl (C=O) groups excluding carboxylic acids is 1. The standard InChI is InChI=1S/C15H18N2O2S/c1-3-8-20-11-4-5-13(16)14(9-11)17-15(18)12-6-7-19-10(12)2/h4-7,9H,3,8,16H2,1-2H3,(H,17,18). The first-order valence-electron chi connectivity index (χ1n) is 6.49. The normalized spacial score (nSPS) is 10.5. The summed E-state index contributed by atoms with van der Waals surface area (Å²) < 4.78 is 5.13. The molecular formula is C15H18N2O2S. The van der Waals surface area contributed by atoms with E-state index in [1.165, 1.54) is 6.26 Å². The number of nitrogen functional groups attached to an aromatic ring is 1. The molecule has 5 heteroatoms. The summed E-state index contributed by atoms with van der Waals surface area (Å²) in [6.45, 7) is 3.89. The lowest BCUT2D eigenvalue weighted by Crippen LogP contribution is -2.13. The smallest absolute Gasteiger partial charge is 0.259 e. The van der Waals surface area contributed by atoms with Gasteiger partial charge in [-0.2, -0.15) is 0 Å². The van der Waals surface area contributed by atoms with Gasteiger partial charge < -0.3 is 15.5 Å². The van der Waals surface area contributed by atoms with Gasteiger partial charge in [0.05, 0.1) is 23.2 Å². The third-order valence-corrected chi connectivity index (χ3v) is 4.05. The van der Waals surface area contributed by atoms with Crippen LogP contribution in [0.5, 0.6) is 0 Å². The Morgan fingerprint density at radius 2 is 2.20 bits per heavy atom. The molecule has 0 atom stereocenters. The maximum Gasteiger partial charge on any atom is 0.259 e. The van der Waals surface area contributed by atoms with Crippen LogP contribution in [0.15, 0.2) is 39.8 Å². The van der Waals surface area contributed by atoms with Crippen molar-refractivity contribution in [2.24, 2.45) is 0 Å². The van der Waals surface area contributed by atoms with E-state index in [9.17, 15) is 4.79 Å². The van der Waals surface area contributed by atoms with Crippen LogP contribution in [-0.4, -0.2) is 11.7 Å². The van der Waals surface area contributed by atoms with Crippen LogP contribution in [0.3, 0.4) is 0 Å². The molecule has 0 spiro atoms. The molecule has 2 rings (SSSR count). The van der Waals surface area contributed by atoms with Gasteiger partial charge >= 0.3 is 0 Å². The minimum atomic E-state index is -0.208. The van der Waals surface area contributed by atoms with Crippen molar-refractivity contribution in [3.8, 4) is 0 Å². The number of anilines is 2.